The molecule has 1 N–H and O–H groups in total. The summed E-state index contributed by atoms with van der Waals surface area (Å²) in [5.74, 6) is 0.619. The van der Waals surface area contributed by atoms with E-state index in [2.05, 4.69) is 34.7 Å². The summed E-state index contributed by atoms with van der Waals surface area (Å²) in [6.07, 6.45) is 0. The molecule has 31 heavy (non-hydrogen) atoms. The van der Waals surface area contributed by atoms with Crippen molar-refractivity contribution in [3.05, 3.63) is 80.0 Å². The molecule has 0 unspecified atom stereocenters. The maximum Gasteiger partial charge on any atom is 0.156 e. The zero-order chi connectivity index (χ0) is 21.4. The highest BCUT2D eigenvalue weighted by Crippen LogP contribution is 2.39. The fourth-order valence-electron chi connectivity index (χ4n) is 3.31. The van der Waals surface area contributed by atoms with E-state index in [1.165, 1.54) is 16.6 Å². The Bertz CT molecular complexity index is 1310. The summed E-state index contributed by atoms with van der Waals surface area (Å²) in [6, 6.07) is 17.5. The van der Waals surface area contributed by atoms with Crippen LogP contribution in [0.15, 0.2) is 69.5 Å². The van der Waals surface area contributed by atoms with Crippen molar-refractivity contribution >= 4 is 63.0 Å². The van der Waals surface area contributed by atoms with Gasteiger partial charge in [0.2, 0.25) is 0 Å². The third kappa shape index (κ3) is 4.16. The number of fused-ring (bicyclic) bond motifs is 1. The van der Waals surface area contributed by atoms with Crippen LogP contribution in [0.4, 0.5) is 0 Å². The van der Waals surface area contributed by atoms with Gasteiger partial charge in [-0.05, 0) is 37.3 Å². The minimum absolute atomic E-state index is 0.0884. The van der Waals surface area contributed by atoms with E-state index in [4.69, 9.17) is 33.0 Å². The largest absolute Gasteiger partial charge is 0.272 e. The Hall–Kier alpha value is -2.16. The summed E-state index contributed by atoms with van der Waals surface area (Å²) in [5, 5.41) is 11.5. The molecule has 0 saturated heterocycles. The molecule has 5 rings (SSSR count). The van der Waals surface area contributed by atoms with Crippen LogP contribution in [0.2, 0.25) is 10.0 Å². The zero-order valence-corrected chi connectivity index (χ0v) is 19.4. The van der Waals surface area contributed by atoms with E-state index in [-0.39, 0.29) is 6.04 Å². The Kier molecular flexibility index (Phi) is 5.86. The number of thiophene rings is 1. The van der Waals surface area contributed by atoms with Gasteiger partial charge in [0.15, 0.2) is 5.84 Å². The van der Waals surface area contributed by atoms with Gasteiger partial charge in [0.05, 0.1) is 21.1 Å². The van der Waals surface area contributed by atoms with Crippen molar-refractivity contribution in [3.63, 3.8) is 0 Å². The maximum absolute atomic E-state index is 6.43. The Labute approximate surface area is 197 Å². The van der Waals surface area contributed by atoms with E-state index < -0.39 is 0 Å². The van der Waals surface area contributed by atoms with E-state index in [1.807, 2.05) is 36.4 Å². The lowest BCUT2D eigenvalue weighted by molar-refractivity contribution is 0.0628. The van der Waals surface area contributed by atoms with Crippen LogP contribution in [-0.4, -0.2) is 22.6 Å². The van der Waals surface area contributed by atoms with Crippen LogP contribution < -0.4 is 5.48 Å². The molecule has 156 valence electrons. The summed E-state index contributed by atoms with van der Waals surface area (Å²) in [4.78, 5) is 13.9. The minimum Gasteiger partial charge on any atom is -0.272 e. The van der Waals surface area contributed by atoms with Crippen LogP contribution >= 0.6 is 46.3 Å². The monoisotopic (exact) mass is 486 g/mol. The van der Waals surface area contributed by atoms with Crippen LogP contribution in [0, 0.1) is 6.92 Å². The molecular weight excluding hydrogens is 471 g/mol. The number of rotatable bonds is 4. The van der Waals surface area contributed by atoms with E-state index in [0.29, 0.717) is 27.5 Å². The van der Waals surface area contributed by atoms with Gasteiger partial charge in [0, 0.05) is 20.0 Å². The molecule has 1 atom stereocenters. The van der Waals surface area contributed by atoms with E-state index >= 15 is 0 Å². The van der Waals surface area contributed by atoms with Crippen LogP contribution in [0.1, 0.15) is 21.4 Å². The number of nitrogens with one attached hydrogen (secondary N) is 1. The second-order valence-electron chi connectivity index (χ2n) is 6.91. The fourth-order valence-corrected chi connectivity index (χ4v) is 5.62. The van der Waals surface area contributed by atoms with Gasteiger partial charge in [-0.15, -0.1) is 21.5 Å². The number of aromatic nitrogens is 2. The van der Waals surface area contributed by atoms with Crippen molar-refractivity contribution < 1.29 is 4.84 Å². The van der Waals surface area contributed by atoms with Crippen molar-refractivity contribution in [2.45, 2.75) is 22.9 Å². The number of hydrogen-bond acceptors (Lipinski definition) is 7. The number of aryl methyl sites for hydroxylation is 1. The predicted molar refractivity (Wildman–Crippen MR) is 128 cm³/mol. The molecule has 2 aromatic heterocycles. The SMILES string of the molecule is Cc1ccc([C@H]2CONC(c3c(Sc4cccc(Cl)c4Cl)nnc4ccccc34)=N2)s1. The molecule has 5 nitrogen and oxygen atoms in total. The molecule has 0 amide bonds. The van der Waals surface area contributed by atoms with Crippen molar-refractivity contribution in [1.82, 2.24) is 15.7 Å². The summed E-state index contributed by atoms with van der Waals surface area (Å²) in [5.41, 5.74) is 4.60. The molecule has 9 heteroatoms. The first kappa shape index (κ1) is 20.7. The molecule has 1 aliphatic rings. The van der Waals surface area contributed by atoms with Crippen molar-refractivity contribution in [3.8, 4) is 0 Å². The Morgan fingerprint density at radius 3 is 2.77 bits per heavy atom. The maximum atomic E-state index is 6.43. The summed E-state index contributed by atoms with van der Waals surface area (Å²) < 4.78 is 0. The topological polar surface area (TPSA) is 59.4 Å². The van der Waals surface area contributed by atoms with Gasteiger partial charge >= 0.3 is 0 Å². The van der Waals surface area contributed by atoms with Crippen LogP contribution in [0.5, 0.6) is 0 Å². The van der Waals surface area contributed by atoms with Crippen molar-refractivity contribution in [1.29, 1.82) is 0 Å². The van der Waals surface area contributed by atoms with E-state index in [1.54, 1.807) is 17.4 Å². The Morgan fingerprint density at radius 2 is 1.94 bits per heavy atom. The normalized spacial score (nSPS) is 16.2. The molecule has 0 aliphatic carbocycles. The Morgan fingerprint density at radius 1 is 1.06 bits per heavy atom. The molecule has 3 heterocycles. The lowest BCUT2D eigenvalue weighted by atomic mass is 10.1. The van der Waals surface area contributed by atoms with Crippen LogP contribution in [0.25, 0.3) is 10.9 Å². The first-order chi connectivity index (χ1) is 15.1. The molecule has 1 aliphatic heterocycles. The minimum atomic E-state index is -0.0884. The third-order valence-electron chi connectivity index (χ3n) is 4.78. The number of hydroxylamine groups is 1. The molecule has 0 fully saturated rings. The van der Waals surface area contributed by atoms with Gasteiger partial charge in [-0.1, -0.05) is 59.2 Å². The molecule has 0 saturated carbocycles. The second-order valence-corrected chi connectivity index (χ2v) is 10.0. The quantitative estimate of drug-likeness (QED) is 0.357. The second kappa shape index (κ2) is 8.76. The van der Waals surface area contributed by atoms with Crippen LogP contribution in [-0.2, 0) is 4.84 Å². The number of nitrogens with zero attached hydrogens (tertiary/aromatic N) is 3. The van der Waals surface area contributed by atoms with Crippen molar-refractivity contribution in [2.24, 2.45) is 4.99 Å². The standard InChI is InChI=1S/C22H16Cl2N4OS2/c1-12-9-10-17(30-12)16-11-29-28-21(25-16)19-13-5-2-3-7-15(13)26-27-22(19)31-18-8-4-6-14(23)20(18)24/h2-10,16H,11H2,1H3,(H,25,28)/t16-/m1/s1. The first-order valence-corrected chi connectivity index (χ1v) is 11.9. The van der Waals surface area contributed by atoms with Gasteiger partial charge in [0.1, 0.15) is 17.7 Å². The molecule has 0 bridgehead atoms. The summed E-state index contributed by atoms with van der Waals surface area (Å²) in [7, 11) is 0. The molecule has 0 radical (unpaired) electrons. The highest BCUT2D eigenvalue weighted by Gasteiger charge is 2.25. The van der Waals surface area contributed by atoms with E-state index in [0.717, 1.165) is 26.2 Å². The highest BCUT2D eigenvalue weighted by molar-refractivity contribution is 7.99. The third-order valence-corrected chi connectivity index (χ3v) is 7.85. The van der Waals surface area contributed by atoms with Gasteiger partial charge < -0.3 is 0 Å². The van der Waals surface area contributed by atoms with Gasteiger partial charge in [-0.25, -0.2) is 5.48 Å². The number of amidine groups is 1. The average Bonchev–Trinajstić information content (AvgIpc) is 3.23. The smallest absolute Gasteiger partial charge is 0.156 e. The lowest BCUT2D eigenvalue weighted by Gasteiger charge is -2.23. The first-order valence-electron chi connectivity index (χ1n) is 9.50. The fraction of sp³-hybridized carbons (Fsp3) is 0.136. The molecule has 4 aromatic rings. The summed E-state index contributed by atoms with van der Waals surface area (Å²) >= 11 is 15.8. The number of halogens is 2. The molecule has 2 aromatic carbocycles. The number of benzene rings is 2. The van der Waals surface area contributed by atoms with Crippen molar-refractivity contribution in [2.75, 3.05) is 6.61 Å². The highest BCUT2D eigenvalue weighted by atomic mass is 35.5. The predicted octanol–water partition coefficient (Wildman–Crippen LogP) is 6.48. The average molecular weight is 487 g/mol. The molecular formula is C22H16Cl2N4OS2. The van der Waals surface area contributed by atoms with E-state index in [9.17, 15) is 0 Å². The molecule has 0 spiro atoms. The van der Waals surface area contributed by atoms with Gasteiger partial charge in [-0.2, -0.15) is 0 Å². The zero-order valence-electron chi connectivity index (χ0n) is 16.3. The summed E-state index contributed by atoms with van der Waals surface area (Å²) in [6.45, 7) is 2.55. The lowest BCUT2D eigenvalue weighted by Crippen LogP contribution is -2.33. The number of aliphatic imine (C=N–C) groups is 1. The Balaban J connectivity index is 1.65. The van der Waals surface area contributed by atoms with Crippen LogP contribution in [0.3, 0.4) is 0 Å². The van der Waals surface area contributed by atoms with Gasteiger partial charge in [0.25, 0.3) is 0 Å². The number of hydrogen-bond donors (Lipinski definition) is 1. The van der Waals surface area contributed by atoms with Gasteiger partial charge in [-0.3, -0.25) is 9.83 Å².